The molecule has 100 valence electrons. The summed E-state index contributed by atoms with van der Waals surface area (Å²) in [5, 5.41) is 0.742. The number of hydrogen-bond acceptors (Lipinski definition) is 2. The largest absolute Gasteiger partial charge is 0.369 e. The predicted octanol–water partition coefficient (Wildman–Crippen LogP) is 3.94. The fraction of sp³-hybridized carbons (Fsp3) is 0.600. The Hall–Kier alpha value is -0.570. The molecule has 1 aliphatic rings. The summed E-state index contributed by atoms with van der Waals surface area (Å²) in [4.78, 5) is 0. The van der Waals surface area contributed by atoms with E-state index in [0.29, 0.717) is 12.6 Å². The number of hydrogen-bond donors (Lipinski definition) is 1. The van der Waals surface area contributed by atoms with E-state index in [0.717, 1.165) is 29.3 Å². The lowest BCUT2D eigenvalue weighted by Crippen LogP contribution is -2.26. The molecule has 0 bridgehead atoms. The zero-order valence-electron chi connectivity index (χ0n) is 10.9. The molecule has 18 heavy (non-hydrogen) atoms. The molecular weight excluding hydrogens is 246 g/mol. The van der Waals surface area contributed by atoms with Crippen molar-refractivity contribution in [1.29, 1.82) is 0 Å². The molecule has 1 saturated carbocycles. The van der Waals surface area contributed by atoms with Crippen LogP contribution in [0.4, 0.5) is 0 Å². The normalized spacial score (nSPS) is 25.9. The highest BCUT2D eigenvalue weighted by Crippen LogP contribution is 2.30. The molecular formula is C15H22ClNO. The minimum atomic E-state index is -0.0287. The molecule has 3 unspecified atom stereocenters. The fourth-order valence-corrected chi connectivity index (χ4v) is 2.91. The molecule has 3 heteroatoms. The van der Waals surface area contributed by atoms with Gasteiger partial charge in [0.25, 0.3) is 0 Å². The molecule has 0 aromatic heterocycles. The second kappa shape index (κ2) is 6.55. The van der Waals surface area contributed by atoms with E-state index in [1.165, 1.54) is 12.8 Å². The minimum absolute atomic E-state index is 0.0287. The summed E-state index contributed by atoms with van der Waals surface area (Å²) in [6.45, 7) is 2.80. The van der Waals surface area contributed by atoms with Crippen molar-refractivity contribution >= 4 is 11.6 Å². The van der Waals surface area contributed by atoms with Crippen molar-refractivity contribution in [2.75, 3.05) is 6.54 Å². The third kappa shape index (κ3) is 3.71. The summed E-state index contributed by atoms with van der Waals surface area (Å²) in [5.41, 5.74) is 6.92. The first kappa shape index (κ1) is 13.9. The Balaban J connectivity index is 2.00. The van der Waals surface area contributed by atoms with Gasteiger partial charge in [-0.3, -0.25) is 0 Å². The number of nitrogens with two attached hydrogens (primary N) is 1. The van der Waals surface area contributed by atoms with Crippen molar-refractivity contribution in [3.63, 3.8) is 0 Å². The lowest BCUT2D eigenvalue weighted by atomic mass is 9.88. The van der Waals surface area contributed by atoms with Gasteiger partial charge in [0.1, 0.15) is 0 Å². The Kier molecular flexibility index (Phi) is 5.04. The third-order valence-electron chi connectivity index (χ3n) is 3.68. The van der Waals surface area contributed by atoms with Crippen LogP contribution in [-0.2, 0) is 4.74 Å². The van der Waals surface area contributed by atoms with Gasteiger partial charge in [0.2, 0.25) is 0 Å². The highest BCUT2D eigenvalue weighted by molar-refractivity contribution is 6.30. The molecule has 1 fully saturated rings. The van der Waals surface area contributed by atoms with Gasteiger partial charge in [0.05, 0.1) is 12.2 Å². The molecule has 1 aromatic carbocycles. The van der Waals surface area contributed by atoms with Gasteiger partial charge in [-0.1, -0.05) is 43.5 Å². The lowest BCUT2D eigenvalue weighted by molar-refractivity contribution is -0.0361. The summed E-state index contributed by atoms with van der Waals surface area (Å²) in [6, 6.07) is 7.81. The van der Waals surface area contributed by atoms with E-state index in [4.69, 9.17) is 22.1 Å². The molecule has 0 spiro atoms. The molecule has 2 rings (SSSR count). The van der Waals surface area contributed by atoms with Gasteiger partial charge in [0.15, 0.2) is 0 Å². The molecule has 0 amide bonds. The van der Waals surface area contributed by atoms with Crippen LogP contribution in [0.5, 0.6) is 0 Å². The van der Waals surface area contributed by atoms with Crippen LogP contribution in [0.25, 0.3) is 0 Å². The number of halogens is 1. The van der Waals surface area contributed by atoms with Gasteiger partial charge < -0.3 is 10.5 Å². The second-order valence-corrected chi connectivity index (χ2v) is 5.75. The van der Waals surface area contributed by atoms with Crippen molar-refractivity contribution in [2.24, 2.45) is 11.7 Å². The van der Waals surface area contributed by atoms with Crippen LogP contribution in [0, 0.1) is 5.92 Å². The first-order chi connectivity index (χ1) is 8.69. The Morgan fingerprint density at radius 2 is 2.28 bits per heavy atom. The predicted molar refractivity (Wildman–Crippen MR) is 75.8 cm³/mol. The van der Waals surface area contributed by atoms with Crippen LogP contribution < -0.4 is 5.73 Å². The quantitative estimate of drug-likeness (QED) is 0.897. The SMILES string of the molecule is CC1CCCC(OC(CN)c2cccc(Cl)c2)C1. The van der Waals surface area contributed by atoms with Crippen LogP contribution in [0.1, 0.15) is 44.3 Å². The molecule has 2 N–H and O–H groups in total. The van der Waals surface area contributed by atoms with E-state index in [9.17, 15) is 0 Å². The van der Waals surface area contributed by atoms with Gasteiger partial charge in [-0.15, -0.1) is 0 Å². The Morgan fingerprint density at radius 3 is 2.94 bits per heavy atom. The average Bonchev–Trinajstić information content (AvgIpc) is 2.36. The Labute approximate surface area is 114 Å². The molecule has 1 aromatic rings. The van der Waals surface area contributed by atoms with Gasteiger partial charge in [-0.05, 0) is 36.5 Å². The van der Waals surface area contributed by atoms with Crippen molar-refractivity contribution < 1.29 is 4.74 Å². The third-order valence-corrected chi connectivity index (χ3v) is 3.91. The topological polar surface area (TPSA) is 35.2 Å². The van der Waals surface area contributed by atoms with E-state index >= 15 is 0 Å². The number of benzene rings is 1. The van der Waals surface area contributed by atoms with E-state index in [1.54, 1.807) is 0 Å². The van der Waals surface area contributed by atoms with Gasteiger partial charge in [-0.2, -0.15) is 0 Å². The van der Waals surface area contributed by atoms with E-state index in [-0.39, 0.29) is 6.10 Å². The summed E-state index contributed by atoms with van der Waals surface area (Å²) in [6.07, 6.45) is 5.21. The van der Waals surface area contributed by atoms with Crippen LogP contribution in [0.3, 0.4) is 0 Å². The zero-order valence-corrected chi connectivity index (χ0v) is 11.7. The molecule has 0 aliphatic heterocycles. The second-order valence-electron chi connectivity index (χ2n) is 5.31. The smallest absolute Gasteiger partial charge is 0.0951 e. The molecule has 0 saturated heterocycles. The summed E-state index contributed by atoms with van der Waals surface area (Å²) < 4.78 is 6.17. The lowest BCUT2D eigenvalue weighted by Gasteiger charge is -2.30. The zero-order chi connectivity index (χ0) is 13.0. The van der Waals surface area contributed by atoms with Gasteiger partial charge in [0, 0.05) is 11.6 Å². The maximum absolute atomic E-state index is 6.17. The van der Waals surface area contributed by atoms with Crippen LogP contribution in [0.15, 0.2) is 24.3 Å². The minimum Gasteiger partial charge on any atom is -0.369 e. The maximum Gasteiger partial charge on any atom is 0.0951 e. The number of rotatable bonds is 4. The van der Waals surface area contributed by atoms with Gasteiger partial charge >= 0.3 is 0 Å². The van der Waals surface area contributed by atoms with Crippen molar-refractivity contribution in [2.45, 2.75) is 44.8 Å². The van der Waals surface area contributed by atoms with Crippen molar-refractivity contribution in [3.8, 4) is 0 Å². The summed E-state index contributed by atoms with van der Waals surface area (Å²) in [5.74, 6) is 0.765. The molecule has 1 aliphatic carbocycles. The highest BCUT2D eigenvalue weighted by atomic mass is 35.5. The monoisotopic (exact) mass is 267 g/mol. The first-order valence-corrected chi connectivity index (χ1v) is 7.18. The number of ether oxygens (including phenoxy) is 1. The average molecular weight is 268 g/mol. The van der Waals surface area contributed by atoms with Crippen molar-refractivity contribution in [1.82, 2.24) is 0 Å². The Bertz CT molecular complexity index is 383. The van der Waals surface area contributed by atoms with E-state index in [1.807, 2.05) is 24.3 Å². The van der Waals surface area contributed by atoms with E-state index < -0.39 is 0 Å². The summed E-state index contributed by atoms with van der Waals surface area (Å²) in [7, 11) is 0. The molecule has 0 radical (unpaired) electrons. The summed E-state index contributed by atoms with van der Waals surface area (Å²) >= 11 is 6.02. The molecule has 3 atom stereocenters. The fourth-order valence-electron chi connectivity index (χ4n) is 2.71. The molecule has 2 nitrogen and oxygen atoms in total. The van der Waals surface area contributed by atoms with Crippen LogP contribution in [-0.4, -0.2) is 12.6 Å². The van der Waals surface area contributed by atoms with E-state index in [2.05, 4.69) is 6.92 Å². The van der Waals surface area contributed by atoms with Crippen LogP contribution in [0.2, 0.25) is 5.02 Å². The first-order valence-electron chi connectivity index (χ1n) is 6.80. The van der Waals surface area contributed by atoms with Gasteiger partial charge in [-0.25, -0.2) is 0 Å². The Morgan fingerprint density at radius 1 is 1.44 bits per heavy atom. The molecule has 0 heterocycles. The maximum atomic E-state index is 6.17. The highest BCUT2D eigenvalue weighted by Gasteiger charge is 2.23. The standard InChI is InChI=1S/C15H22ClNO/c1-11-4-2-7-14(8-11)18-15(10-17)12-5-3-6-13(16)9-12/h3,5-6,9,11,14-15H,2,4,7-8,10,17H2,1H3. The van der Waals surface area contributed by atoms with Crippen molar-refractivity contribution in [3.05, 3.63) is 34.9 Å². The van der Waals surface area contributed by atoms with Crippen LogP contribution >= 0.6 is 11.6 Å².